The highest BCUT2D eigenvalue weighted by Gasteiger charge is 2.27. The molecule has 1 fully saturated rings. The summed E-state index contributed by atoms with van der Waals surface area (Å²) in [6.45, 7) is 3.90. The standard InChI is InChI=1S/C9H18N4O3/c1-6(8(14)12-9(11)15)13-2-3-16-7(4-10)5-13/h6-7H,2-5,10H2,1H3,(H3,11,12,14,15). The maximum atomic E-state index is 11.5. The van der Waals surface area contributed by atoms with Crippen LogP contribution in [0.3, 0.4) is 0 Å². The molecule has 0 aliphatic carbocycles. The van der Waals surface area contributed by atoms with Gasteiger partial charge in [-0.1, -0.05) is 0 Å². The number of carbonyl (C=O) groups is 2. The third-order valence-corrected chi connectivity index (χ3v) is 2.61. The monoisotopic (exact) mass is 230 g/mol. The molecule has 0 spiro atoms. The molecular formula is C9H18N4O3. The molecule has 0 aromatic heterocycles. The molecule has 5 N–H and O–H groups in total. The van der Waals surface area contributed by atoms with Crippen molar-refractivity contribution in [2.24, 2.45) is 11.5 Å². The minimum atomic E-state index is -0.833. The summed E-state index contributed by atoms with van der Waals surface area (Å²) in [6, 6.07) is -1.24. The zero-order valence-electron chi connectivity index (χ0n) is 9.31. The first-order valence-electron chi connectivity index (χ1n) is 5.20. The summed E-state index contributed by atoms with van der Waals surface area (Å²) < 4.78 is 5.38. The van der Waals surface area contributed by atoms with Crippen molar-refractivity contribution in [3.8, 4) is 0 Å². The molecule has 1 aliphatic rings. The van der Waals surface area contributed by atoms with Crippen molar-refractivity contribution < 1.29 is 14.3 Å². The molecule has 0 bridgehead atoms. The third kappa shape index (κ3) is 3.44. The van der Waals surface area contributed by atoms with Gasteiger partial charge in [0, 0.05) is 19.6 Å². The zero-order valence-corrected chi connectivity index (χ0v) is 9.31. The van der Waals surface area contributed by atoms with Crippen molar-refractivity contribution in [2.45, 2.75) is 19.1 Å². The normalized spacial score (nSPS) is 23.8. The summed E-state index contributed by atoms with van der Waals surface area (Å²) in [5.41, 5.74) is 10.4. The fraction of sp³-hybridized carbons (Fsp3) is 0.778. The number of ether oxygens (including phenoxy) is 1. The first kappa shape index (κ1) is 12.9. The fourth-order valence-corrected chi connectivity index (χ4v) is 1.63. The third-order valence-electron chi connectivity index (χ3n) is 2.61. The Morgan fingerprint density at radius 2 is 2.31 bits per heavy atom. The van der Waals surface area contributed by atoms with Gasteiger partial charge in [0.1, 0.15) is 0 Å². The van der Waals surface area contributed by atoms with Gasteiger partial charge in [-0.2, -0.15) is 0 Å². The van der Waals surface area contributed by atoms with Crippen LogP contribution in [-0.2, 0) is 9.53 Å². The zero-order chi connectivity index (χ0) is 12.1. The SMILES string of the molecule is CC(C(=O)NC(N)=O)N1CCOC(CN)C1. The van der Waals surface area contributed by atoms with Gasteiger partial charge in [0.05, 0.1) is 18.8 Å². The molecule has 0 aromatic rings. The average Bonchev–Trinajstić information content (AvgIpc) is 2.27. The van der Waals surface area contributed by atoms with Crippen LogP contribution in [0.4, 0.5) is 4.79 Å². The van der Waals surface area contributed by atoms with E-state index in [4.69, 9.17) is 16.2 Å². The van der Waals surface area contributed by atoms with E-state index in [0.29, 0.717) is 26.2 Å². The molecule has 92 valence electrons. The van der Waals surface area contributed by atoms with Crippen LogP contribution in [-0.4, -0.2) is 55.2 Å². The van der Waals surface area contributed by atoms with Crippen LogP contribution in [0, 0.1) is 0 Å². The highest BCUT2D eigenvalue weighted by Crippen LogP contribution is 2.08. The predicted molar refractivity (Wildman–Crippen MR) is 57.6 cm³/mol. The lowest BCUT2D eigenvalue weighted by atomic mass is 10.2. The number of morpholine rings is 1. The number of primary amides is 1. The van der Waals surface area contributed by atoms with Gasteiger partial charge in [0.25, 0.3) is 0 Å². The quantitative estimate of drug-likeness (QED) is 0.531. The number of amides is 3. The van der Waals surface area contributed by atoms with E-state index in [1.165, 1.54) is 0 Å². The molecule has 0 saturated carbocycles. The minimum Gasteiger partial charge on any atom is -0.374 e. The van der Waals surface area contributed by atoms with Gasteiger partial charge in [-0.3, -0.25) is 15.0 Å². The highest BCUT2D eigenvalue weighted by molar-refractivity contribution is 5.96. The lowest BCUT2D eigenvalue weighted by molar-refractivity contribution is -0.127. The largest absolute Gasteiger partial charge is 0.374 e. The Hall–Kier alpha value is -1.18. The van der Waals surface area contributed by atoms with Gasteiger partial charge in [0.15, 0.2) is 0 Å². The van der Waals surface area contributed by atoms with Crippen molar-refractivity contribution in [1.82, 2.24) is 10.2 Å². The number of urea groups is 1. The number of hydrogen-bond acceptors (Lipinski definition) is 5. The first-order valence-corrected chi connectivity index (χ1v) is 5.20. The Bertz CT molecular complexity index is 271. The van der Waals surface area contributed by atoms with Gasteiger partial charge < -0.3 is 16.2 Å². The first-order chi connectivity index (χ1) is 7.54. The molecule has 7 heteroatoms. The lowest BCUT2D eigenvalue weighted by Crippen LogP contribution is -2.54. The fourth-order valence-electron chi connectivity index (χ4n) is 1.63. The van der Waals surface area contributed by atoms with Gasteiger partial charge in [-0.25, -0.2) is 4.79 Å². The second kappa shape index (κ2) is 5.78. The average molecular weight is 230 g/mol. The molecule has 1 aliphatic heterocycles. The summed E-state index contributed by atoms with van der Waals surface area (Å²) in [5.74, 6) is -0.398. The molecule has 16 heavy (non-hydrogen) atoms. The number of nitrogens with one attached hydrogen (secondary N) is 1. The maximum absolute atomic E-state index is 11.5. The van der Waals surface area contributed by atoms with Gasteiger partial charge in [-0.15, -0.1) is 0 Å². The molecule has 2 unspecified atom stereocenters. The van der Waals surface area contributed by atoms with E-state index in [0.717, 1.165) is 0 Å². The number of nitrogens with zero attached hydrogens (tertiary/aromatic N) is 1. The second-order valence-corrected chi connectivity index (χ2v) is 3.75. The van der Waals surface area contributed by atoms with E-state index < -0.39 is 18.0 Å². The summed E-state index contributed by atoms with van der Waals surface area (Å²) in [6.07, 6.45) is -0.0578. The van der Waals surface area contributed by atoms with E-state index in [1.807, 2.05) is 4.90 Å². The van der Waals surface area contributed by atoms with Crippen LogP contribution < -0.4 is 16.8 Å². The predicted octanol–water partition coefficient (Wildman–Crippen LogP) is -1.77. The van der Waals surface area contributed by atoms with Crippen LogP contribution in [0.5, 0.6) is 0 Å². The molecule has 3 amide bonds. The van der Waals surface area contributed by atoms with Crippen LogP contribution in [0.25, 0.3) is 0 Å². The lowest BCUT2D eigenvalue weighted by Gasteiger charge is -2.35. The smallest absolute Gasteiger partial charge is 0.318 e. The summed E-state index contributed by atoms with van der Waals surface area (Å²) in [5, 5.41) is 2.06. The molecule has 0 radical (unpaired) electrons. The second-order valence-electron chi connectivity index (χ2n) is 3.75. The topological polar surface area (TPSA) is 111 Å². The van der Waals surface area contributed by atoms with Crippen LogP contribution in [0.2, 0.25) is 0 Å². The maximum Gasteiger partial charge on any atom is 0.318 e. The van der Waals surface area contributed by atoms with Crippen molar-refractivity contribution in [1.29, 1.82) is 0 Å². The van der Waals surface area contributed by atoms with Gasteiger partial charge in [-0.05, 0) is 6.92 Å². The van der Waals surface area contributed by atoms with Gasteiger partial charge in [0.2, 0.25) is 5.91 Å². The minimum absolute atomic E-state index is 0.0578. The van der Waals surface area contributed by atoms with E-state index in [2.05, 4.69) is 5.32 Å². The van der Waals surface area contributed by atoms with E-state index in [1.54, 1.807) is 6.92 Å². The van der Waals surface area contributed by atoms with Crippen molar-refractivity contribution >= 4 is 11.9 Å². The number of imide groups is 1. The molecule has 0 aromatic carbocycles. The Labute approximate surface area is 94.1 Å². The molecule has 1 saturated heterocycles. The summed E-state index contributed by atoms with van der Waals surface area (Å²) >= 11 is 0. The number of nitrogens with two attached hydrogens (primary N) is 2. The van der Waals surface area contributed by atoms with Crippen LogP contribution in [0.1, 0.15) is 6.92 Å². The van der Waals surface area contributed by atoms with Gasteiger partial charge >= 0.3 is 6.03 Å². The van der Waals surface area contributed by atoms with E-state index in [-0.39, 0.29) is 6.10 Å². The van der Waals surface area contributed by atoms with Crippen molar-refractivity contribution in [3.63, 3.8) is 0 Å². The van der Waals surface area contributed by atoms with E-state index >= 15 is 0 Å². The summed E-state index contributed by atoms with van der Waals surface area (Å²) in [4.78, 5) is 24.0. The van der Waals surface area contributed by atoms with Crippen molar-refractivity contribution in [3.05, 3.63) is 0 Å². The number of rotatable bonds is 3. The molecule has 2 atom stereocenters. The molecule has 1 heterocycles. The Morgan fingerprint density at radius 1 is 1.62 bits per heavy atom. The Kier molecular flexibility index (Phi) is 4.66. The van der Waals surface area contributed by atoms with Crippen LogP contribution in [0.15, 0.2) is 0 Å². The highest BCUT2D eigenvalue weighted by atomic mass is 16.5. The number of carbonyl (C=O) groups excluding carboxylic acids is 2. The Balaban J connectivity index is 2.49. The van der Waals surface area contributed by atoms with Crippen molar-refractivity contribution in [2.75, 3.05) is 26.2 Å². The molecular weight excluding hydrogens is 212 g/mol. The Morgan fingerprint density at radius 3 is 2.88 bits per heavy atom. The summed E-state index contributed by atoms with van der Waals surface area (Å²) in [7, 11) is 0. The molecule has 7 nitrogen and oxygen atoms in total. The number of hydrogen-bond donors (Lipinski definition) is 3. The van der Waals surface area contributed by atoms with Crippen LogP contribution >= 0.6 is 0 Å². The molecule has 1 rings (SSSR count). The van der Waals surface area contributed by atoms with E-state index in [9.17, 15) is 9.59 Å².